The molecule has 0 heterocycles. The van der Waals surface area contributed by atoms with Gasteiger partial charge in [-0.2, -0.15) is 0 Å². The smallest absolute Gasteiger partial charge is 0.261 e. The van der Waals surface area contributed by atoms with Gasteiger partial charge in [0.2, 0.25) is 0 Å². The highest BCUT2D eigenvalue weighted by molar-refractivity contribution is 7.92. The van der Waals surface area contributed by atoms with Crippen LogP contribution in [0.5, 0.6) is 0 Å². The molecule has 19 heavy (non-hydrogen) atoms. The van der Waals surface area contributed by atoms with Gasteiger partial charge in [0.15, 0.2) is 0 Å². The lowest BCUT2D eigenvalue weighted by Gasteiger charge is -2.08. The van der Waals surface area contributed by atoms with Crippen molar-refractivity contribution in [2.24, 2.45) is 0 Å². The SMILES string of the molecule is O=S(=O)(Nc1ccc(CCl)cc1)c1ccc(Cl)cc1. The fourth-order valence-corrected chi connectivity index (χ4v) is 2.85. The van der Waals surface area contributed by atoms with Crippen molar-refractivity contribution in [3.8, 4) is 0 Å². The van der Waals surface area contributed by atoms with Gasteiger partial charge in [0, 0.05) is 16.6 Å². The number of hydrogen-bond acceptors (Lipinski definition) is 2. The van der Waals surface area contributed by atoms with Crippen LogP contribution in [0.3, 0.4) is 0 Å². The summed E-state index contributed by atoms with van der Waals surface area (Å²) in [4.78, 5) is 0.165. The van der Waals surface area contributed by atoms with E-state index >= 15 is 0 Å². The Hall–Kier alpha value is -1.23. The quantitative estimate of drug-likeness (QED) is 0.870. The van der Waals surface area contributed by atoms with Crippen LogP contribution in [-0.2, 0) is 15.9 Å². The minimum Gasteiger partial charge on any atom is -0.280 e. The van der Waals surface area contributed by atoms with Gasteiger partial charge in [-0.05, 0) is 42.0 Å². The summed E-state index contributed by atoms with van der Waals surface area (Å²) >= 11 is 11.4. The van der Waals surface area contributed by atoms with Crippen LogP contribution in [0, 0.1) is 0 Å². The number of rotatable bonds is 4. The zero-order valence-electron chi connectivity index (χ0n) is 9.81. The van der Waals surface area contributed by atoms with Gasteiger partial charge >= 0.3 is 0 Å². The molecule has 6 heteroatoms. The topological polar surface area (TPSA) is 46.2 Å². The fraction of sp³-hybridized carbons (Fsp3) is 0.0769. The third kappa shape index (κ3) is 3.62. The molecule has 0 aliphatic rings. The Kier molecular flexibility index (Phi) is 4.34. The molecule has 0 aliphatic carbocycles. The first-order valence-electron chi connectivity index (χ1n) is 5.44. The van der Waals surface area contributed by atoms with Gasteiger partial charge in [-0.1, -0.05) is 23.7 Å². The van der Waals surface area contributed by atoms with Crippen LogP contribution in [-0.4, -0.2) is 8.42 Å². The molecule has 0 spiro atoms. The number of hydrogen-bond donors (Lipinski definition) is 1. The van der Waals surface area contributed by atoms with E-state index in [2.05, 4.69) is 4.72 Å². The first-order chi connectivity index (χ1) is 9.01. The summed E-state index contributed by atoms with van der Waals surface area (Å²) in [5.41, 5.74) is 1.42. The molecule has 2 aromatic rings. The van der Waals surface area contributed by atoms with E-state index in [9.17, 15) is 8.42 Å². The number of anilines is 1. The number of benzene rings is 2. The van der Waals surface area contributed by atoms with Crippen molar-refractivity contribution >= 4 is 38.9 Å². The van der Waals surface area contributed by atoms with E-state index in [1.165, 1.54) is 24.3 Å². The van der Waals surface area contributed by atoms with Crippen molar-refractivity contribution in [3.63, 3.8) is 0 Å². The molecule has 3 nitrogen and oxygen atoms in total. The van der Waals surface area contributed by atoms with Gasteiger partial charge in [-0.15, -0.1) is 11.6 Å². The number of halogens is 2. The van der Waals surface area contributed by atoms with E-state index in [1.54, 1.807) is 24.3 Å². The predicted molar refractivity (Wildman–Crippen MR) is 78.3 cm³/mol. The molecule has 100 valence electrons. The lowest BCUT2D eigenvalue weighted by Crippen LogP contribution is -2.12. The van der Waals surface area contributed by atoms with Crippen LogP contribution in [0.15, 0.2) is 53.4 Å². The summed E-state index contributed by atoms with van der Waals surface area (Å²) in [5.74, 6) is 0.393. The van der Waals surface area contributed by atoms with Crippen molar-refractivity contribution in [1.82, 2.24) is 0 Å². The molecule has 0 radical (unpaired) electrons. The second-order valence-electron chi connectivity index (χ2n) is 3.89. The van der Waals surface area contributed by atoms with Crippen LogP contribution in [0.1, 0.15) is 5.56 Å². The molecular weight excluding hydrogens is 305 g/mol. The van der Waals surface area contributed by atoms with E-state index < -0.39 is 10.0 Å². The molecule has 0 saturated carbocycles. The normalized spacial score (nSPS) is 11.3. The Morgan fingerprint density at radius 1 is 0.947 bits per heavy atom. The predicted octanol–water partition coefficient (Wildman–Crippen LogP) is 3.88. The Bertz CT molecular complexity index is 652. The van der Waals surface area contributed by atoms with Crippen molar-refractivity contribution in [3.05, 3.63) is 59.1 Å². The van der Waals surface area contributed by atoms with E-state index in [0.717, 1.165) is 5.56 Å². The maximum atomic E-state index is 12.1. The van der Waals surface area contributed by atoms with Gasteiger partial charge in [-0.25, -0.2) is 8.42 Å². The van der Waals surface area contributed by atoms with Gasteiger partial charge in [-0.3, -0.25) is 4.72 Å². The third-order valence-corrected chi connectivity index (χ3v) is 4.44. The molecule has 0 aliphatic heterocycles. The molecule has 1 N–H and O–H groups in total. The van der Waals surface area contributed by atoms with Crippen LogP contribution in [0.25, 0.3) is 0 Å². The molecular formula is C13H11Cl2NO2S. The molecule has 0 amide bonds. The van der Waals surface area contributed by atoms with E-state index in [0.29, 0.717) is 16.6 Å². The first kappa shape index (κ1) is 14.2. The summed E-state index contributed by atoms with van der Waals surface area (Å²) in [6, 6.07) is 12.9. The summed E-state index contributed by atoms with van der Waals surface area (Å²) in [7, 11) is -3.59. The highest BCUT2D eigenvalue weighted by Crippen LogP contribution is 2.19. The highest BCUT2D eigenvalue weighted by Gasteiger charge is 2.13. The Morgan fingerprint density at radius 3 is 2.05 bits per heavy atom. The fourth-order valence-electron chi connectivity index (χ4n) is 1.49. The lowest BCUT2D eigenvalue weighted by atomic mass is 10.2. The van der Waals surface area contributed by atoms with Crippen molar-refractivity contribution < 1.29 is 8.42 Å². The Balaban J connectivity index is 2.23. The maximum absolute atomic E-state index is 12.1. The molecule has 0 aromatic heterocycles. The van der Waals surface area contributed by atoms with E-state index in [-0.39, 0.29) is 4.90 Å². The van der Waals surface area contributed by atoms with Crippen molar-refractivity contribution in [1.29, 1.82) is 0 Å². The van der Waals surface area contributed by atoms with Crippen molar-refractivity contribution in [2.75, 3.05) is 4.72 Å². The van der Waals surface area contributed by atoms with Crippen LogP contribution >= 0.6 is 23.2 Å². The Labute approximate surface area is 122 Å². The van der Waals surface area contributed by atoms with Crippen molar-refractivity contribution in [2.45, 2.75) is 10.8 Å². The molecule has 0 unspecified atom stereocenters. The zero-order valence-corrected chi connectivity index (χ0v) is 12.1. The summed E-state index contributed by atoms with van der Waals surface area (Å²) < 4.78 is 26.7. The molecule has 2 aromatic carbocycles. The van der Waals surface area contributed by atoms with Gasteiger partial charge < -0.3 is 0 Å². The molecule has 0 saturated heterocycles. The van der Waals surface area contributed by atoms with E-state index in [1.807, 2.05) is 0 Å². The second-order valence-corrected chi connectivity index (χ2v) is 6.28. The average Bonchev–Trinajstić information content (AvgIpc) is 2.40. The standard InChI is InChI=1S/C13H11Cl2NO2S/c14-9-10-1-5-12(6-2-10)16-19(17,18)13-7-3-11(15)4-8-13/h1-8,16H,9H2. The number of sulfonamides is 1. The number of nitrogens with one attached hydrogen (secondary N) is 1. The second kappa shape index (κ2) is 5.82. The maximum Gasteiger partial charge on any atom is 0.261 e. The first-order valence-corrected chi connectivity index (χ1v) is 7.84. The van der Waals surface area contributed by atoms with Gasteiger partial charge in [0.25, 0.3) is 10.0 Å². The van der Waals surface area contributed by atoms with Gasteiger partial charge in [0.05, 0.1) is 4.90 Å². The minimum atomic E-state index is -3.59. The average molecular weight is 316 g/mol. The summed E-state index contributed by atoms with van der Waals surface area (Å²) in [6.45, 7) is 0. The van der Waals surface area contributed by atoms with Crippen LogP contribution in [0.2, 0.25) is 5.02 Å². The monoisotopic (exact) mass is 315 g/mol. The van der Waals surface area contributed by atoms with Crippen LogP contribution in [0.4, 0.5) is 5.69 Å². The highest BCUT2D eigenvalue weighted by atomic mass is 35.5. The van der Waals surface area contributed by atoms with E-state index in [4.69, 9.17) is 23.2 Å². The van der Waals surface area contributed by atoms with Gasteiger partial charge in [0.1, 0.15) is 0 Å². The molecule has 0 bridgehead atoms. The molecule has 2 rings (SSSR count). The summed E-state index contributed by atoms with van der Waals surface area (Å²) in [6.07, 6.45) is 0. The summed E-state index contributed by atoms with van der Waals surface area (Å²) in [5, 5.41) is 0.491. The molecule has 0 fully saturated rings. The third-order valence-electron chi connectivity index (χ3n) is 2.48. The Morgan fingerprint density at radius 2 is 1.53 bits per heavy atom. The largest absolute Gasteiger partial charge is 0.280 e. The minimum absolute atomic E-state index is 0.165. The zero-order chi connectivity index (χ0) is 13.9. The number of alkyl halides is 1. The lowest BCUT2D eigenvalue weighted by molar-refractivity contribution is 0.601. The molecule has 0 atom stereocenters. The van der Waals surface area contributed by atoms with Crippen LogP contribution < -0.4 is 4.72 Å².